The average Bonchev–Trinajstić information content (AvgIpc) is 2.41. The van der Waals surface area contributed by atoms with Crippen molar-refractivity contribution in [3.8, 4) is 0 Å². The zero-order chi connectivity index (χ0) is 15.7. The third kappa shape index (κ3) is 4.00. The minimum absolute atomic E-state index is 0.0956. The predicted octanol–water partition coefficient (Wildman–Crippen LogP) is 1.92. The Morgan fingerprint density at radius 1 is 1.24 bits per heavy atom. The molecular weight excluding hydrogens is 331 g/mol. The molecule has 2 rings (SSSR count). The molecule has 1 heterocycles. The highest BCUT2D eigenvalue weighted by Crippen LogP contribution is 2.34. The summed E-state index contributed by atoms with van der Waals surface area (Å²) in [5, 5.41) is 2.89. The average molecular weight is 344 g/mol. The lowest BCUT2D eigenvalue weighted by Gasteiger charge is -2.27. The third-order valence-corrected chi connectivity index (χ3v) is 4.80. The van der Waals surface area contributed by atoms with E-state index in [2.05, 4.69) is 10.0 Å². The van der Waals surface area contributed by atoms with Gasteiger partial charge in [-0.3, -0.25) is 4.72 Å². The van der Waals surface area contributed by atoms with Crippen LogP contribution in [0.3, 0.4) is 0 Å². The zero-order valence-corrected chi connectivity index (χ0v) is 12.3. The molecule has 1 fully saturated rings. The van der Waals surface area contributed by atoms with E-state index in [9.17, 15) is 21.6 Å². The van der Waals surface area contributed by atoms with Crippen LogP contribution in [0.5, 0.6) is 0 Å². The Hall–Kier alpha value is -1.03. The van der Waals surface area contributed by atoms with Crippen molar-refractivity contribution in [1.82, 2.24) is 9.62 Å². The molecule has 0 unspecified atom stereocenters. The first kappa shape index (κ1) is 16.3. The van der Waals surface area contributed by atoms with Crippen molar-refractivity contribution in [2.45, 2.75) is 6.18 Å². The Kier molecular flexibility index (Phi) is 4.66. The highest BCUT2D eigenvalue weighted by atomic mass is 35.5. The molecule has 1 saturated heterocycles. The summed E-state index contributed by atoms with van der Waals surface area (Å²) in [6.07, 6.45) is -4.57. The van der Waals surface area contributed by atoms with Gasteiger partial charge < -0.3 is 5.32 Å². The van der Waals surface area contributed by atoms with Gasteiger partial charge in [-0.25, -0.2) is 0 Å². The molecule has 1 aromatic carbocycles. The SMILES string of the molecule is O=S(=O)(Nc1cc(C(F)(F)F)ccc1Cl)N1CCNCC1. The maximum Gasteiger partial charge on any atom is 0.416 e. The van der Waals surface area contributed by atoms with E-state index < -0.39 is 21.9 Å². The van der Waals surface area contributed by atoms with Gasteiger partial charge in [-0.05, 0) is 18.2 Å². The van der Waals surface area contributed by atoms with E-state index in [1.54, 1.807) is 0 Å². The molecule has 5 nitrogen and oxygen atoms in total. The molecule has 0 aliphatic carbocycles. The minimum atomic E-state index is -4.57. The zero-order valence-electron chi connectivity index (χ0n) is 10.7. The highest BCUT2D eigenvalue weighted by molar-refractivity contribution is 7.90. The number of hydrogen-bond acceptors (Lipinski definition) is 3. The van der Waals surface area contributed by atoms with Crippen molar-refractivity contribution in [3.05, 3.63) is 28.8 Å². The summed E-state index contributed by atoms with van der Waals surface area (Å²) in [5.41, 5.74) is -1.25. The highest BCUT2D eigenvalue weighted by Gasteiger charge is 2.32. The van der Waals surface area contributed by atoms with Gasteiger partial charge in [-0.1, -0.05) is 11.6 Å². The van der Waals surface area contributed by atoms with Crippen LogP contribution in [0.4, 0.5) is 18.9 Å². The number of alkyl halides is 3. The van der Waals surface area contributed by atoms with Gasteiger partial charge in [-0.2, -0.15) is 25.9 Å². The molecule has 1 aromatic rings. The second-order valence-electron chi connectivity index (χ2n) is 4.45. The molecule has 0 aromatic heterocycles. The summed E-state index contributed by atoms with van der Waals surface area (Å²) in [7, 11) is -3.93. The predicted molar refractivity (Wildman–Crippen MR) is 73.4 cm³/mol. The number of halogens is 4. The van der Waals surface area contributed by atoms with E-state index in [-0.39, 0.29) is 23.8 Å². The summed E-state index contributed by atoms with van der Waals surface area (Å²) >= 11 is 5.77. The fourth-order valence-electron chi connectivity index (χ4n) is 1.87. The quantitative estimate of drug-likeness (QED) is 0.881. The number of rotatable bonds is 3. The molecule has 1 aliphatic heterocycles. The minimum Gasteiger partial charge on any atom is -0.314 e. The monoisotopic (exact) mass is 343 g/mol. The summed E-state index contributed by atoms with van der Waals surface area (Å²) < 4.78 is 65.4. The van der Waals surface area contributed by atoms with E-state index in [0.717, 1.165) is 16.4 Å². The number of benzene rings is 1. The third-order valence-electron chi connectivity index (χ3n) is 2.95. The largest absolute Gasteiger partial charge is 0.416 e. The van der Waals surface area contributed by atoms with Gasteiger partial charge in [0.15, 0.2) is 0 Å². The second-order valence-corrected chi connectivity index (χ2v) is 6.53. The number of nitrogens with one attached hydrogen (secondary N) is 2. The molecular formula is C11H13ClF3N3O2S. The molecule has 21 heavy (non-hydrogen) atoms. The van der Waals surface area contributed by atoms with Crippen LogP contribution in [0.25, 0.3) is 0 Å². The van der Waals surface area contributed by atoms with Gasteiger partial charge in [-0.15, -0.1) is 0 Å². The first-order valence-electron chi connectivity index (χ1n) is 6.05. The summed E-state index contributed by atoms with van der Waals surface area (Å²) in [6.45, 7) is 1.45. The van der Waals surface area contributed by atoms with Crippen LogP contribution in [0.1, 0.15) is 5.56 Å². The van der Waals surface area contributed by atoms with Crippen LogP contribution in [0.15, 0.2) is 18.2 Å². The van der Waals surface area contributed by atoms with Gasteiger partial charge in [0.05, 0.1) is 16.3 Å². The van der Waals surface area contributed by atoms with E-state index in [4.69, 9.17) is 11.6 Å². The van der Waals surface area contributed by atoms with Crippen LogP contribution < -0.4 is 10.0 Å². The fraction of sp³-hybridized carbons (Fsp3) is 0.455. The van der Waals surface area contributed by atoms with Crippen molar-refractivity contribution < 1.29 is 21.6 Å². The van der Waals surface area contributed by atoms with Crippen LogP contribution in [0.2, 0.25) is 5.02 Å². The standard InChI is InChI=1S/C11H13ClF3N3O2S/c12-9-2-1-8(11(13,14)15)7-10(9)17-21(19,20)18-5-3-16-4-6-18/h1-2,7,16-17H,3-6H2. The normalized spacial score (nSPS) is 17.7. The maximum atomic E-state index is 12.6. The lowest BCUT2D eigenvalue weighted by molar-refractivity contribution is -0.137. The van der Waals surface area contributed by atoms with E-state index in [1.807, 2.05) is 0 Å². The van der Waals surface area contributed by atoms with Crippen molar-refractivity contribution in [3.63, 3.8) is 0 Å². The van der Waals surface area contributed by atoms with Crippen LogP contribution in [-0.2, 0) is 16.4 Å². The molecule has 0 atom stereocenters. The first-order chi connectivity index (χ1) is 9.70. The first-order valence-corrected chi connectivity index (χ1v) is 7.87. The summed E-state index contributed by atoms with van der Waals surface area (Å²) in [5.74, 6) is 0. The van der Waals surface area contributed by atoms with Crippen molar-refractivity contribution in [2.24, 2.45) is 0 Å². The van der Waals surface area contributed by atoms with Crippen molar-refractivity contribution >= 4 is 27.5 Å². The van der Waals surface area contributed by atoms with Crippen molar-refractivity contribution in [2.75, 3.05) is 30.9 Å². The lowest BCUT2D eigenvalue weighted by atomic mass is 10.2. The molecule has 10 heteroatoms. The Bertz CT molecular complexity index is 616. The van der Waals surface area contributed by atoms with Crippen LogP contribution in [-0.4, -0.2) is 38.9 Å². The van der Waals surface area contributed by atoms with Crippen LogP contribution in [0, 0.1) is 0 Å². The number of piperazine rings is 1. The van der Waals surface area contributed by atoms with E-state index >= 15 is 0 Å². The smallest absolute Gasteiger partial charge is 0.314 e. The number of hydrogen-bond donors (Lipinski definition) is 2. The Morgan fingerprint density at radius 2 is 1.86 bits per heavy atom. The van der Waals surface area contributed by atoms with Gasteiger partial charge >= 0.3 is 16.4 Å². The van der Waals surface area contributed by atoms with E-state index in [0.29, 0.717) is 19.2 Å². The van der Waals surface area contributed by atoms with Gasteiger partial charge in [0.2, 0.25) is 0 Å². The molecule has 2 N–H and O–H groups in total. The van der Waals surface area contributed by atoms with Gasteiger partial charge in [0.1, 0.15) is 0 Å². The van der Waals surface area contributed by atoms with Crippen molar-refractivity contribution in [1.29, 1.82) is 0 Å². The number of nitrogens with zero attached hydrogens (tertiary/aromatic N) is 1. The molecule has 0 bridgehead atoms. The topological polar surface area (TPSA) is 61.4 Å². The fourth-order valence-corrected chi connectivity index (χ4v) is 3.33. The molecule has 1 aliphatic rings. The van der Waals surface area contributed by atoms with Gasteiger partial charge in [0, 0.05) is 26.2 Å². The lowest BCUT2D eigenvalue weighted by Crippen LogP contribution is -2.48. The van der Waals surface area contributed by atoms with E-state index in [1.165, 1.54) is 0 Å². The van der Waals surface area contributed by atoms with Crippen LogP contribution >= 0.6 is 11.6 Å². The van der Waals surface area contributed by atoms with Gasteiger partial charge in [0.25, 0.3) is 0 Å². The molecule has 118 valence electrons. The Balaban J connectivity index is 2.26. The second kappa shape index (κ2) is 5.99. The molecule has 0 spiro atoms. The summed E-state index contributed by atoms with van der Waals surface area (Å²) in [6, 6.07) is 2.49. The summed E-state index contributed by atoms with van der Waals surface area (Å²) in [4.78, 5) is 0. The maximum absolute atomic E-state index is 12.6. The molecule has 0 radical (unpaired) electrons. The molecule has 0 saturated carbocycles. The Morgan fingerprint density at radius 3 is 2.43 bits per heavy atom. The molecule has 0 amide bonds. The Labute approximate surface area is 125 Å². The number of anilines is 1.